The van der Waals surface area contributed by atoms with Crippen LogP contribution in [0.1, 0.15) is 43.1 Å². The van der Waals surface area contributed by atoms with E-state index in [1.807, 2.05) is 29.3 Å². The zero-order valence-corrected chi connectivity index (χ0v) is 15.8. The lowest BCUT2D eigenvalue weighted by molar-refractivity contribution is -0.126. The van der Waals surface area contributed by atoms with Gasteiger partial charge in [0.05, 0.1) is 0 Å². The van der Waals surface area contributed by atoms with E-state index in [2.05, 4.69) is 43.5 Å². The summed E-state index contributed by atoms with van der Waals surface area (Å²) in [5.41, 5.74) is 4.77. The lowest BCUT2D eigenvalue weighted by atomic mass is 9.87. The molecule has 2 rings (SSSR count). The van der Waals surface area contributed by atoms with Crippen LogP contribution in [-0.2, 0) is 10.2 Å². The maximum absolute atomic E-state index is 12.2. The molecule has 1 aromatic carbocycles. The second-order valence-corrected chi connectivity index (χ2v) is 7.66. The van der Waals surface area contributed by atoms with Gasteiger partial charge in [0.1, 0.15) is 0 Å². The minimum atomic E-state index is -0.146. The van der Waals surface area contributed by atoms with Gasteiger partial charge in [-0.2, -0.15) is 0 Å². The third-order valence-electron chi connectivity index (χ3n) is 4.44. The molecule has 0 radical (unpaired) electrons. The van der Waals surface area contributed by atoms with E-state index in [9.17, 15) is 9.59 Å². The minimum Gasteiger partial charge on any atom is -0.352 e. The normalized spacial score (nSPS) is 16.5. The number of nitrogens with zero attached hydrogens (tertiary/aromatic N) is 2. The van der Waals surface area contributed by atoms with Gasteiger partial charge in [-0.3, -0.25) is 15.0 Å². The van der Waals surface area contributed by atoms with Crippen molar-refractivity contribution in [2.24, 2.45) is 0 Å². The Balaban J connectivity index is 1.72. The van der Waals surface area contributed by atoms with E-state index in [0.29, 0.717) is 12.1 Å². The monoisotopic (exact) mass is 346 g/mol. The molecule has 2 N–H and O–H groups in total. The van der Waals surface area contributed by atoms with E-state index in [1.54, 1.807) is 0 Å². The molecule has 25 heavy (non-hydrogen) atoms. The maximum atomic E-state index is 12.2. The molecule has 0 bridgehead atoms. The van der Waals surface area contributed by atoms with Gasteiger partial charge in [-0.15, -0.1) is 0 Å². The highest BCUT2D eigenvalue weighted by Crippen LogP contribution is 2.22. The first-order chi connectivity index (χ1) is 11.8. The molecule has 2 amide bonds. The number of carbonyl (C=O) groups is 2. The first kappa shape index (κ1) is 19.4. The topological polar surface area (TPSA) is 64.7 Å². The van der Waals surface area contributed by atoms with E-state index in [1.165, 1.54) is 5.56 Å². The number of hydrogen-bond donors (Lipinski definition) is 2. The first-order valence-electron chi connectivity index (χ1n) is 8.87. The summed E-state index contributed by atoms with van der Waals surface area (Å²) in [4.78, 5) is 26.3. The van der Waals surface area contributed by atoms with E-state index < -0.39 is 0 Å². The number of hydrazine groups is 1. The Labute approximate surface area is 150 Å². The molecule has 0 aromatic heterocycles. The molecule has 0 atom stereocenters. The van der Waals surface area contributed by atoms with Gasteiger partial charge in [-0.25, -0.2) is 5.01 Å². The summed E-state index contributed by atoms with van der Waals surface area (Å²) >= 11 is 0. The van der Waals surface area contributed by atoms with Gasteiger partial charge in [-0.05, 0) is 30.2 Å². The molecule has 1 aromatic rings. The van der Waals surface area contributed by atoms with Gasteiger partial charge in [0.2, 0.25) is 5.91 Å². The van der Waals surface area contributed by atoms with Crippen LogP contribution in [0.5, 0.6) is 0 Å². The predicted molar refractivity (Wildman–Crippen MR) is 99.3 cm³/mol. The van der Waals surface area contributed by atoms with Crippen molar-refractivity contribution >= 4 is 11.8 Å². The summed E-state index contributed by atoms with van der Waals surface area (Å²) in [6.45, 7) is 10.3. The summed E-state index contributed by atoms with van der Waals surface area (Å²) < 4.78 is 0. The average molecular weight is 346 g/mol. The third-order valence-corrected chi connectivity index (χ3v) is 4.44. The molecule has 1 saturated heterocycles. The quantitative estimate of drug-likeness (QED) is 0.845. The third kappa shape index (κ3) is 6.14. The predicted octanol–water partition coefficient (Wildman–Crippen LogP) is 1.38. The zero-order valence-electron chi connectivity index (χ0n) is 15.8. The van der Waals surface area contributed by atoms with E-state index in [4.69, 9.17) is 0 Å². The molecule has 6 nitrogen and oxygen atoms in total. The van der Waals surface area contributed by atoms with Crippen molar-refractivity contribution < 1.29 is 9.59 Å². The Bertz CT molecular complexity index is 584. The fourth-order valence-corrected chi connectivity index (χ4v) is 2.66. The number of rotatable bonds is 5. The standard InChI is InChI=1S/C19H30N4O2/c1-19(2,3)16-7-5-15(6-8-16)18(25)20-10-9-17(24)21-23-13-11-22(4)12-14-23/h5-8H,9-14H2,1-4H3,(H,20,25)(H,21,24). The van der Waals surface area contributed by atoms with Crippen LogP contribution >= 0.6 is 0 Å². The van der Waals surface area contributed by atoms with Gasteiger partial charge in [0, 0.05) is 44.7 Å². The SMILES string of the molecule is CN1CCN(NC(=O)CCNC(=O)c2ccc(C(C)(C)C)cc2)CC1. The minimum absolute atomic E-state index is 0.0621. The number of amides is 2. The van der Waals surface area contributed by atoms with E-state index in [-0.39, 0.29) is 23.7 Å². The summed E-state index contributed by atoms with van der Waals surface area (Å²) in [7, 11) is 2.07. The molecule has 0 aliphatic carbocycles. The molecule has 6 heteroatoms. The van der Waals surface area contributed by atoms with Crippen molar-refractivity contribution in [2.75, 3.05) is 39.8 Å². The number of piperazine rings is 1. The Morgan fingerprint density at radius 1 is 1.04 bits per heavy atom. The molecule has 1 heterocycles. The first-order valence-corrected chi connectivity index (χ1v) is 8.87. The van der Waals surface area contributed by atoms with Gasteiger partial charge >= 0.3 is 0 Å². The zero-order chi connectivity index (χ0) is 18.4. The van der Waals surface area contributed by atoms with Crippen LogP contribution in [0, 0.1) is 0 Å². The highest BCUT2D eigenvalue weighted by Gasteiger charge is 2.16. The second kappa shape index (κ2) is 8.45. The number of hydrogen-bond acceptors (Lipinski definition) is 4. The molecular weight excluding hydrogens is 316 g/mol. The molecule has 0 spiro atoms. The smallest absolute Gasteiger partial charge is 0.251 e. The van der Waals surface area contributed by atoms with Crippen LogP contribution < -0.4 is 10.7 Å². The van der Waals surface area contributed by atoms with Gasteiger partial charge in [-0.1, -0.05) is 32.9 Å². The van der Waals surface area contributed by atoms with Crippen LogP contribution in [0.3, 0.4) is 0 Å². The van der Waals surface area contributed by atoms with Crippen molar-refractivity contribution in [3.05, 3.63) is 35.4 Å². The Morgan fingerprint density at radius 2 is 1.64 bits per heavy atom. The number of carbonyl (C=O) groups excluding carboxylic acids is 2. The Morgan fingerprint density at radius 3 is 2.20 bits per heavy atom. The summed E-state index contributed by atoms with van der Waals surface area (Å²) in [5.74, 6) is -0.208. The van der Waals surface area contributed by atoms with Crippen molar-refractivity contribution in [3.63, 3.8) is 0 Å². The average Bonchev–Trinajstić information content (AvgIpc) is 2.56. The second-order valence-electron chi connectivity index (χ2n) is 7.66. The number of nitrogens with one attached hydrogen (secondary N) is 2. The van der Waals surface area contributed by atoms with Crippen LogP contribution in [0.2, 0.25) is 0 Å². The number of benzene rings is 1. The lowest BCUT2D eigenvalue weighted by Crippen LogP contribution is -2.52. The molecule has 138 valence electrons. The van der Waals surface area contributed by atoms with Crippen LogP contribution in [0.4, 0.5) is 0 Å². The Hall–Kier alpha value is -1.92. The summed E-state index contributed by atoms with van der Waals surface area (Å²) in [5, 5.41) is 4.75. The highest BCUT2D eigenvalue weighted by molar-refractivity contribution is 5.94. The van der Waals surface area contributed by atoms with Crippen LogP contribution in [0.25, 0.3) is 0 Å². The molecule has 0 saturated carbocycles. The molecular formula is C19H30N4O2. The van der Waals surface area contributed by atoms with Gasteiger partial charge < -0.3 is 10.2 Å². The molecule has 1 fully saturated rings. The maximum Gasteiger partial charge on any atom is 0.251 e. The highest BCUT2D eigenvalue weighted by atomic mass is 16.2. The van der Waals surface area contributed by atoms with Crippen molar-refractivity contribution in [1.82, 2.24) is 20.7 Å². The van der Waals surface area contributed by atoms with Gasteiger partial charge in [0.15, 0.2) is 0 Å². The molecule has 0 unspecified atom stereocenters. The number of likely N-dealkylation sites (N-methyl/N-ethyl adjacent to an activating group) is 1. The van der Waals surface area contributed by atoms with E-state index in [0.717, 1.165) is 26.2 Å². The molecule has 1 aliphatic heterocycles. The Kier molecular flexibility index (Phi) is 6.56. The van der Waals surface area contributed by atoms with Crippen LogP contribution in [-0.4, -0.2) is 61.5 Å². The van der Waals surface area contributed by atoms with Crippen molar-refractivity contribution in [1.29, 1.82) is 0 Å². The van der Waals surface area contributed by atoms with Crippen molar-refractivity contribution in [3.8, 4) is 0 Å². The van der Waals surface area contributed by atoms with E-state index >= 15 is 0 Å². The fourth-order valence-electron chi connectivity index (χ4n) is 2.66. The summed E-state index contributed by atoms with van der Waals surface area (Å²) in [6, 6.07) is 7.63. The van der Waals surface area contributed by atoms with Crippen LogP contribution in [0.15, 0.2) is 24.3 Å². The van der Waals surface area contributed by atoms with Crippen molar-refractivity contribution in [2.45, 2.75) is 32.6 Å². The van der Waals surface area contributed by atoms with Gasteiger partial charge in [0.25, 0.3) is 5.91 Å². The molecule has 1 aliphatic rings. The fraction of sp³-hybridized carbons (Fsp3) is 0.579. The largest absolute Gasteiger partial charge is 0.352 e. The summed E-state index contributed by atoms with van der Waals surface area (Å²) in [6.07, 6.45) is 0.276. The lowest BCUT2D eigenvalue weighted by Gasteiger charge is -2.32.